The molecule has 1 spiro atoms. The second-order valence-electron chi connectivity index (χ2n) is 7.08. The number of piperazine rings is 1. The molecular weight excluding hydrogens is 356 g/mol. The Hall–Kier alpha value is -2.00. The SMILES string of the molecule is Cc1nc(C(=O)N2CCN(C)C3(CCC(=O)N(CC(=O)O)CC3)C2)cs1. The van der Waals surface area contributed by atoms with Gasteiger partial charge >= 0.3 is 5.97 Å². The molecule has 1 aromatic rings. The minimum absolute atomic E-state index is 0.0696. The van der Waals surface area contributed by atoms with Gasteiger partial charge in [-0.3, -0.25) is 19.3 Å². The number of carbonyl (C=O) groups is 3. The normalized spacial score (nSPS) is 24.8. The van der Waals surface area contributed by atoms with Gasteiger partial charge in [0, 0.05) is 43.5 Å². The molecule has 0 aromatic carbocycles. The molecule has 8 nitrogen and oxygen atoms in total. The summed E-state index contributed by atoms with van der Waals surface area (Å²) in [5, 5.41) is 11.7. The van der Waals surface area contributed by atoms with E-state index >= 15 is 0 Å². The Morgan fingerprint density at radius 1 is 1.31 bits per heavy atom. The number of aromatic nitrogens is 1. The van der Waals surface area contributed by atoms with Crippen LogP contribution in [0, 0.1) is 6.92 Å². The lowest BCUT2D eigenvalue weighted by Crippen LogP contribution is -2.62. The first-order valence-electron chi connectivity index (χ1n) is 8.73. The zero-order valence-corrected chi connectivity index (χ0v) is 15.9. The fraction of sp³-hybridized carbons (Fsp3) is 0.647. The smallest absolute Gasteiger partial charge is 0.323 e. The van der Waals surface area contributed by atoms with Crippen LogP contribution in [0.5, 0.6) is 0 Å². The molecule has 9 heteroatoms. The van der Waals surface area contributed by atoms with Gasteiger partial charge in [-0.05, 0) is 26.8 Å². The van der Waals surface area contributed by atoms with Gasteiger partial charge in [0.05, 0.1) is 5.01 Å². The van der Waals surface area contributed by atoms with Crippen LogP contribution in [0.15, 0.2) is 5.38 Å². The molecule has 1 atom stereocenters. The summed E-state index contributed by atoms with van der Waals surface area (Å²) in [6, 6.07) is 0. The third kappa shape index (κ3) is 3.73. The molecule has 0 saturated carbocycles. The second kappa shape index (κ2) is 7.32. The largest absolute Gasteiger partial charge is 0.480 e. The van der Waals surface area contributed by atoms with Crippen molar-refractivity contribution < 1.29 is 19.5 Å². The van der Waals surface area contributed by atoms with Crippen LogP contribution in [0.2, 0.25) is 0 Å². The molecule has 2 saturated heterocycles. The number of hydrogen-bond acceptors (Lipinski definition) is 6. The van der Waals surface area contributed by atoms with Gasteiger partial charge in [-0.25, -0.2) is 4.98 Å². The Labute approximate surface area is 156 Å². The number of nitrogens with zero attached hydrogens (tertiary/aromatic N) is 4. The average molecular weight is 380 g/mol. The summed E-state index contributed by atoms with van der Waals surface area (Å²) in [5.41, 5.74) is 0.173. The lowest BCUT2D eigenvalue weighted by Gasteiger charge is -2.49. The van der Waals surface area contributed by atoms with Crippen LogP contribution < -0.4 is 0 Å². The summed E-state index contributed by atoms with van der Waals surface area (Å²) in [6.07, 6.45) is 1.58. The number of likely N-dealkylation sites (tertiary alicyclic amines) is 1. The number of aliphatic carboxylic acids is 1. The van der Waals surface area contributed by atoms with Gasteiger partial charge in [-0.2, -0.15) is 0 Å². The van der Waals surface area contributed by atoms with E-state index in [1.54, 1.807) is 5.38 Å². The first kappa shape index (κ1) is 18.8. The predicted molar refractivity (Wildman–Crippen MR) is 96.2 cm³/mol. The van der Waals surface area contributed by atoms with E-state index in [4.69, 9.17) is 5.11 Å². The number of thiazole rings is 1. The molecule has 1 N–H and O–H groups in total. The zero-order valence-electron chi connectivity index (χ0n) is 15.1. The third-order valence-corrected chi connectivity index (χ3v) is 6.23. The Kier molecular flexibility index (Phi) is 5.29. The second-order valence-corrected chi connectivity index (χ2v) is 8.15. The number of carboxylic acids is 1. The van der Waals surface area contributed by atoms with Crippen molar-refractivity contribution in [1.29, 1.82) is 0 Å². The van der Waals surface area contributed by atoms with Crippen LogP contribution in [0.3, 0.4) is 0 Å². The molecule has 0 aliphatic carbocycles. The highest BCUT2D eigenvalue weighted by Gasteiger charge is 2.43. The molecule has 26 heavy (non-hydrogen) atoms. The summed E-state index contributed by atoms with van der Waals surface area (Å²) in [4.78, 5) is 45.8. The van der Waals surface area contributed by atoms with Crippen LogP contribution in [0.1, 0.15) is 34.8 Å². The predicted octanol–water partition coefficient (Wildman–Crippen LogP) is 0.675. The first-order chi connectivity index (χ1) is 12.3. The molecule has 0 radical (unpaired) electrons. The number of carboxylic acid groups (broad SMARTS) is 1. The minimum atomic E-state index is -0.998. The van der Waals surface area contributed by atoms with Crippen LogP contribution in [0.4, 0.5) is 0 Å². The van der Waals surface area contributed by atoms with E-state index in [0.717, 1.165) is 11.6 Å². The van der Waals surface area contributed by atoms with Crippen molar-refractivity contribution in [3.05, 3.63) is 16.1 Å². The van der Waals surface area contributed by atoms with E-state index in [-0.39, 0.29) is 23.9 Å². The summed E-state index contributed by atoms with van der Waals surface area (Å²) in [7, 11) is 2.02. The fourth-order valence-corrected chi connectivity index (χ4v) is 4.41. The van der Waals surface area contributed by atoms with Crippen molar-refractivity contribution in [3.8, 4) is 0 Å². The van der Waals surface area contributed by atoms with E-state index < -0.39 is 5.97 Å². The molecule has 1 unspecified atom stereocenters. The number of hydrogen-bond donors (Lipinski definition) is 1. The van der Waals surface area contributed by atoms with E-state index in [9.17, 15) is 14.4 Å². The lowest BCUT2D eigenvalue weighted by atomic mass is 9.86. The van der Waals surface area contributed by atoms with Crippen molar-refractivity contribution in [2.45, 2.75) is 31.7 Å². The lowest BCUT2D eigenvalue weighted by molar-refractivity contribution is -0.144. The van der Waals surface area contributed by atoms with Crippen molar-refractivity contribution in [1.82, 2.24) is 19.7 Å². The molecule has 2 aliphatic heterocycles. The van der Waals surface area contributed by atoms with Gasteiger partial charge in [0.15, 0.2) is 0 Å². The van der Waals surface area contributed by atoms with Gasteiger partial charge in [0.2, 0.25) is 5.91 Å². The van der Waals surface area contributed by atoms with Crippen molar-refractivity contribution >= 4 is 29.1 Å². The Bertz CT molecular complexity index is 721. The molecule has 2 fully saturated rings. The van der Waals surface area contributed by atoms with Crippen LogP contribution in [0.25, 0.3) is 0 Å². The number of likely N-dealkylation sites (N-methyl/N-ethyl adjacent to an activating group) is 1. The standard InChI is InChI=1S/C17H24N4O4S/c1-12-18-13(10-26-12)16(25)21-8-7-19(2)17(11-21)4-3-14(22)20(6-5-17)9-15(23)24/h10H,3-9,11H2,1-2H3,(H,23,24). The van der Waals surface area contributed by atoms with Gasteiger partial charge in [-0.15, -0.1) is 11.3 Å². The Balaban J connectivity index is 1.76. The van der Waals surface area contributed by atoms with Crippen molar-refractivity contribution in [2.75, 3.05) is 39.8 Å². The maximum Gasteiger partial charge on any atom is 0.323 e. The van der Waals surface area contributed by atoms with Gasteiger partial charge in [-0.1, -0.05) is 0 Å². The van der Waals surface area contributed by atoms with Crippen LogP contribution in [-0.4, -0.2) is 87.9 Å². The maximum atomic E-state index is 12.8. The first-order valence-corrected chi connectivity index (χ1v) is 9.61. The highest BCUT2D eigenvalue weighted by Crippen LogP contribution is 2.32. The molecule has 1 aromatic heterocycles. The topological polar surface area (TPSA) is 94.1 Å². The quantitative estimate of drug-likeness (QED) is 0.829. The number of amides is 2. The van der Waals surface area contributed by atoms with Gasteiger partial charge in [0.1, 0.15) is 12.2 Å². The number of carbonyl (C=O) groups excluding carboxylic acids is 2. The number of rotatable bonds is 3. The molecule has 142 valence electrons. The van der Waals surface area contributed by atoms with E-state index in [0.29, 0.717) is 44.6 Å². The van der Waals surface area contributed by atoms with E-state index in [2.05, 4.69) is 9.88 Å². The van der Waals surface area contributed by atoms with Crippen molar-refractivity contribution in [3.63, 3.8) is 0 Å². The summed E-state index contributed by atoms with van der Waals surface area (Å²) in [5.74, 6) is -1.20. The number of aryl methyl sites for hydroxylation is 1. The van der Waals surface area contributed by atoms with E-state index in [1.807, 2.05) is 18.9 Å². The van der Waals surface area contributed by atoms with E-state index in [1.165, 1.54) is 16.2 Å². The van der Waals surface area contributed by atoms with Crippen LogP contribution in [-0.2, 0) is 9.59 Å². The average Bonchev–Trinajstić information content (AvgIpc) is 2.97. The van der Waals surface area contributed by atoms with Gasteiger partial charge < -0.3 is 14.9 Å². The van der Waals surface area contributed by atoms with Gasteiger partial charge in [0.25, 0.3) is 5.91 Å². The fourth-order valence-electron chi connectivity index (χ4n) is 3.82. The monoisotopic (exact) mass is 380 g/mol. The highest BCUT2D eigenvalue weighted by molar-refractivity contribution is 7.09. The molecule has 3 heterocycles. The molecular formula is C17H24N4O4S. The highest BCUT2D eigenvalue weighted by atomic mass is 32.1. The molecule has 3 rings (SSSR count). The molecule has 2 amide bonds. The minimum Gasteiger partial charge on any atom is -0.480 e. The Morgan fingerprint density at radius 2 is 2.08 bits per heavy atom. The van der Waals surface area contributed by atoms with Crippen LogP contribution >= 0.6 is 11.3 Å². The summed E-state index contributed by atoms with van der Waals surface area (Å²) < 4.78 is 0. The maximum absolute atomic E-state index is 12.8. The van der Waals surface area contributed by atoms with Crippen molar-refractivity contribution in [2.24, 2.45) is 0 Å². The molecule has 2 aliphatic rings. The summed E-state index contributed by atoms with van der Waals surface area (Å²) in [6.45, 7) is 3.89. The Morgan fingerprint density at radius 3 is 2.73 bits per heavy atom. The molecule has 0 bridgehead atoms. The third-order valence-electron chi connectivity index (χ3n) is 5.46. The zero-order chi connectivity index (χ0) is 18.9. The summed E-state index contributed by atoms with van der Waals surface area (Å²) >= 11 is 1.46.